The molecule has 0 aliphatic heterocycles. The molecule has 0 aromatic heterocycles. The second-order valence-corrected chi connectivity index (χ2v) is 5.94. The maximum atomic E-state index is 11.6. The fourth-order valence-electron chi connectivity index (χ4n) is 2.48. The lowest BCUT2D eigenvalue weighted by atomic mass is 9.74. The van der Waals surface area contributed by atoms with Gasteiger partial charge in [0.2, 0.25) is 0 Å². The molecule has 0 bridgehead atoms. The number of hydrogen-bond acceptors (Lipinski definition) is 2. The van der Waals surface area contributed by atoms with E-state index in [-0.39, 0.29) is 12.6 Å². The van der Waals surface area contributed by atoms with Crippen molar-refractivity contribution in [1.82, 2.24) is 10.6 Å². The van der Waals surface area contributed by atoms with Crippen molar-refractivity contribution in [2.75, 3.05) is 13.1 Å². The molecule has 0 heterocycles. The van der Waals surface area contributed by atoms with Gasteiger partial charge in [0, 0.05) is 13.1 Å². The van der Waals surface area contributed by atoms with E-state index >= 15 is 0 Å². The van der Waals surface area contributed by atoms with Gasteiger partial charge in [-0.15, -0.1) is 0 Å². The van der Waals surface area contributed by atoms with E-state index in [1.165, 1.54) is 0 Å². The van der Waals surface area contributed by atoms with E-state index in [2.05, 4.69) is 24.5 Å². The Morgan fingerprint density at radius 1 is 1.16 bits per heavy atom. The third kappa shape index (κ3) is 5.09. The number of aliphatic carboxylic acids is 1. The minimum absolute atomic E-state index is 0.232. The van der Waals surface area contributed by atoms with Gasteiger partial charge in [0.05, 0.1) is 5.41 Å². The quantitative estimate of drug-likeness (QED) is 0.693. The Kier molecular flexibility index (Phi) is 6.12. The molecule has 0 radical (unpaired) electrons. The zero-order chi connectivity index (χ0) is 14.3. The Morgan fingerprint density at radius 3 is 2.32 bits per heavy atom. The standard InChI is InChI=1S/C14H26N2O3/c1-11(2)6-9-15-13(19)16-10-14(12(17)18)7-4-3-5-8-14/h11H,3-10H2,1-2H3,(H,17,18)(H2,15,16,19). The molecule has 5 nitrogen and oxygen atoms in total. The number of carboxylic acids is 1. The van der Waals surface area contributed by atoms with Crippen molar-refractivity contribution < 1.29 is 14.7 Å². The van der Waals surface area contributed by atoms with Crippen molar-refractivity contribution in [2.45, 2.75) is 52.4 Å². The Hall–Kier alpha value is -1.26. The Bertz CT molecular complexity index is 310. The minimum Gasteiger partial charge on any atom is -0.481 e. The highest BCUT2D eigenvalue weighted by atomic mass is 16.4. The van der Waals surface area contributed by atoms with Crippen LogP contribution in [0.1, 0.15) is 52.4 Å². The molecule has 0 aromatic rings. The zero-order valence-corrected chi connectivity index (χ0v) is 12.0. The van der Waals surface area contributed by atoms with E-state index in [1.807, 2.05) is 0 Å². The summed E-state index contributed by atoms with van der Waals surface area (Å²) in [4.78, 5) is 23.0. The largest absolute Gasteiger partial charge is 0.481 e. The molecule has 110 valence electrons. The van der Waals surface area contributed by atoms with Crippen LogP contribution in [0.5, 0.6) is 0 Å². The molecule has 1 fully saturated rings. The molecule has 0 spiro atoms. The number of rotatable bonds is 6. The monoisotopic (exact) mass is 270 g/mol. The summed E-state index contributed by atoms with van der Waals surface area (Å²) in [6.45, 7) is 5.06. The van der Waals surface area contributed by atoms with Crippen molar-refractivity contribution in [3.63, 3.8) is 0 Å². The molecule has 1 saturated carbocycles. The van der Waals surface area contributed by atoms with Crippen LogP contribution in [-0.4, -0.2) is 30.2 Å². The number of carbonyl (C=O) groups is 2. The minimum atomic E-state index is -0.783. The molecule has 0 atom stereocenters. The van der Waals surface area contributed by atoms with Gasteiger partial charge in [0.25, 0.3) is 0 Å². The molecule has 0 aromatic carbocycles. The molecule has 3 N–H and O–H groups in total. The summed E-state index contributed by atoms with van der Waals surface area (Å²) in [6.07, 6.45) is 5.21. The molecule has 5 heteroatoms. The summed E-state index contributed by atoms with van der Waals surface area (Å²) in [7, 11) is 0. The van der Waals surface area contributed by atoms with E-state index in [0.717, 1.165) is 25.7 Å². The van der Waals surface area contributed by atoms with Gasteiger partial charge < -0.3 is 15.7 Å². The van der Waals surface area contributed by atoms with Crippen LogP contribution in [0.4, 0.5) is 4.79 Å². The van der Waals surface area contributed by atoms with Crippen LogP contribution < -0.4 is 10.6 Å². The number of carboxylic acid groups (broad SMARTS) is 1. The van der Waals surface area contributed by atoms with E-state index in [4.69, 9.17) is 0 Å². The molecule has 1 aliphatic carbocycles. The molecule has 19 heavy (non-hydrogen) atoms. The first kappa shape index (κ1) is 15.8. The first-order valence-corrected chi connectivity index (χ1v) is 7.21. The van der Waals surface area contributed by atoms with E-state index in [9.17, 15) is 14.7 Å². The van der Waals surface area contributed by atoms with Gasteiger partial charge in [-0.25, -0.2) is 4.79 Å². The van der Waals surface area contributed by atoms with Crippen LogP contribution in [0.25, 0.3) is 0 Å². The summed E-state index contributed by atoms with van der Waals surface area (Å²) in [5.74, 6) is -0.237. The molecular formula is C14H26N2O3. The van der Waals surface area contributed by atoms with Gasteiger partial charge >= 0.3 is 12.0 Å². The Morgan fingerprint density at radius 2 is 1.79 bits per heavy atom. The number of urea groups is 1. The van der Waals surface area contributed by atoms with Crippen molar-refractivity contribution in [2.24, 2.45) is 11.3 Å². The molecular weight excluding hydrogens is 244 g/mol. The van der Waals surface area contributed by atoms with Crippen molar-refractivity contribution >= 4 is 12.0 Å². The van der Waals surface area contributed by atoms with Gasteiger partial charge in [-0.2, -0.15) is 0 Å². The zero-order valence-electron chi connectivity index (χ0n) is 12.0. The van der Waals surface area contributed by atoms with Gasteiger partial charge in [-0.3, -0.25) is 4.79 Å². The topological polar surface area (TPSA) is 78.4 Å². The van der Waals surface area contributed by atoms with Crippen LogP contribution in [0.2, 0.25) is 0 Å². The second kappa shape index (κ2) is 7.36. The predicted molar refractivity (Wildman–Crippen MR) is 74.0 cm³/mol. The first-order chi connectivity index (χ1) is 8.96. The van der Waals surface area contributed by atoms with Crippen molar-refractivity contribution in [3.8, 4) is 0 Å². The third-order valence-electron chi connectivity index (χ3n) is 3.86. The lowest BCUT2D eigenvalue weighted by Gasteiger charge is -2.33. The molecule has 0 unspecified atom stereocenters. The number of carbonyl (C=O) groups excluding carboxylic acids is 1. The fourth-order valence-corrected chi connectivity index (χ4v) is 2.48. The Balaban J connectivity index is 2.35. The van der Waals surface area contributed by atoms with Crippen molar-refractivity contribution in [1.29, 1.82) is 0 Å². The number of amides is 2. The molecule has 0 saturated heterocycles. The van der Waals surface area contributed by atoms with Gasteiger partial charge in [-0.05, 0) is 25.2 Å². The van der Waals surface area contributed by atoms with Crippen LogP contribution in [-0.2, 0) is 4.79 Å². The smallest absolute Gasteiger partial charge is 0.314 e. The highest BCUT2D eigenvalue weighted by Gasteiger charge is 2.39. The van der Waals surface area contributed by atoms with Crippen LogP contribution in [0.15, 0.2) is 0 Å². The van der Waals surface area contributed by atoms with Gasteiger partial charge in [0.15, 0.2) is 0 Å². The summed E-state index contributed by atoms with van der Waals surface area (Å²) in [5.41, 5.74) is -0.756. The van der Waals surface area contributed by atoms with Crippen LogP contribution >= 0.6 is 0 Å². The second-order valence-electron chi connectivity index (χ2n) is 5.94. The van der Waals surface area contributed by atoms with E-state index < -0.39 is 11.4 Å². The lowest BCUT2D eigenvalue weighted by molar-refractivity contribution is -0.150. The number of nitrogens with one attached hydrogen (secondary N) is 2. The molecule has 2 amide bonds. The fraction of sp³-hybridized carbons (Fsp3) is 0.857. The Labute approximate surface area is 115 Å². The van der Waals surface area contributed by atoms with Crippen LogP contribution in [0, 0.1) is 11.3 Å². The average Bonchev–Trinajstić information content (AvgIpc) is 2.37. The highest BCUT2D eigenvalue weighted by molar-refractivity contribution is 5.78. The predicted octanol–water partition coefficient (Wildman–Crippen LogP) is 2.37. The summed E-state index contributed by atoms with van der Waals surface area (Å²) in [5, 5.41) is 14.9. The molecule has 1 rings (SSSR count). The van der Waals surface area contributed by atoms with Crippen molar-refractivity contribution in [3.05, 3.63) is 0 Å². The number of hydrogen-bond donors (Lipinski definition) is 3. The summed E-state index contributed by atoms with van der Waals surface area (Å²) in [6, 6.07) is -0.258. The first-order valence-electron chi connectivity index (χ1n) is 7.21. The van der Waals surface area contributed by atoms with E-state index in [0.29, 0.717) is 25.3 Å². The highest BCUT2D eigenvalue weighted by Crippen LogP contribution is 2.35. The van der Waals surface area contributed by atoms with Gasteiger partial charge in [-0.1, -0.05) is 33.1 Å². The third-order valence-corrected chi connectivity index (χ3v) is 3.86. The maximum absolute atomic E-state index is 11.6. The normalized spacial score (nSPS) is 18.1. The van der Waals surface area contributed by atoms with Gasteiger partial charge in [0.1, 0.15) is 0 Å². The summed E-state index contributed by atoms with van der Waals surface area (Å²) >= 11 is 0. The van der Waals surface area contributed by atoms with Crippen LogP contribution in [0.3, 0.4) is 0 Å². The lowest BCUT2D eigenvalue weighted by Crippen LogP contribution is -2.47. The average molecular weight is 270 g/mol. The van der Waals surface area contributed by atoms with E-state index in [1.54, 1.807) is 0 Å². The SMILES string of the molecule is CC(C)CCNC(=O)NCC1(C(=O)O)CCCCC1. The maximum Gasteiger partial charge on any atom is 0.314 e. The summed E-state index contributed by atoms with van der Waals surface area (Å²) < 4.78 is 0. The molecule has 1 aliphatic rings.